The van der Waals surface area contributed by atoms with E-state index >= 15 is 0 Å². The van der Waals surface area contributed by atoms with E-state index in [0.717, 1.165) is 27.9 Å². The molecule has 1 aliphatic rings. The van der Waals surface area contributed by atoms with Crippen molar-refractivity contribution in [3.05, 3.63) is 36.5 Å². The number of nitrogens with zero attached hydrogens (tertiary/aromatic N) is 3. The molecule has 0 fully saturated rings. The summed E-state index contributed by atoms with van der Waals surface area (Å²) in [6.45, 7) is 1.97. The first-order valence-electron chi connectivity index (χ1n) is 5.71. The number of benzene rings is 1. The Morgan fingerprint density at radius 2 is 2.06 bits per heavy atom. The topological polar surface area (TPSA) is 42.2 Å². The number of anilines is 1. The first kappa shape index (κ1) is 11.1. The minimum atomic E-state index is 0.686. The van der Waals surface area contributed by atoms with E-state index in [1.54, 1.807) is 6.20 Å². The molecule has 0 saturated heterocycles. The molecule has 1 N–H and O–H groups in total. The van der Waals surface area contributed by atoms with Gasteiger partial charge < -0.3 is 5.32 Å². The standard InChI is InChI=1S/C13H12N4S/c1-9-7-12(18)15-11-8-14-13(17(11)16-9)10-5-3-2-4-6-10/h2-6,8H,7H2,1H3,(H,15,18). The van der Waals surface area contributed by atoms with Gasteiger partial charge in [0, 0.05) is 17.7 Å². The van der Waals surface area contributed by atoms with E-state index in [9.17, 15) is 0 Å². The monoisotopic (exact) mass is 256 g/mol. The molecule has 90 valence electrons. The third-order valence-electron chi connectivity index (χ3n) is 2.72. The second-order valence-corrected chi connectivity index (χ2v) is 4.70. The normalized spacial score (nSPS) is 14.5. The zero-order chi connectivity index (χ0) is 12.5. The van der Waals surface area contributed by atoms with Crippen molar-refractivity contribution in [3.8, 4) is 11.4 Å². The zero-order valence-corrected chi connectivity index (χ0v) is 10.7. The molecule has 0 saturated carbocycles. The van der Waals surface area contributed by atoms with Gasteiger partial charge in [-0.1, -0.05) is 42.5 Å². The predicted octanol–water partition coefficient (Wildman–Crippen LogP) is 2.92. The summed E-state index contributed by atoms with van der Waals surface area (Å²) in [7, 11) is 0. The molecule has 0 amide bonds. The predicted molar refractivity (Wildman–Crippen MR) is 77.0 cm³/mol. The van der Waals surface area contributed by atoms with E-state index in [0.29, 0.717) is 6.42 Å². The van der Waals surface area contributed by atoms with Crippen LogP contribution in [-0.2, 0) is 0 Å². The Labute approximate surface area is 110 Å². The molecule has 5 heteroatoms. The third kappa shape index (κ3) is 1.93. The fourth-order valence-electron chi connectivity index (χ4n) is 1.94. The van der Waals surface area contributed by atoms with Gasteiger partial charge in [0.2, 0.25) is 0 Å². The van der Waals surface area contributed by atoms with Gasteiger partial charge in [0.25, 0.3) is 0 Å². The maximum absolute atomic E-state index is 5.24. The Hall–Kier alpha value is -2.01. The first-order chi connectivity index (χ1) is 8.74. The fourth-order valence-corrected chi connectivity index (χ4v) is 2.26. The molecule has 0 atom stereocenters. The van der Waals surface area contributed by atoms with Gasteiger partial charge >= 0.3 is 0 Å². The number of fused-ring (bicyclic) bond motifs is 1. The van der Waals surface area contributed by atoms with E-state index in [1.165, 1.54) is 0 Å². The van der Waals surface area contributed by atoms with Crippen molar-refractivity contribution in [1.82, 2.24) is 9.66 Å². The molecule has 18 heavy (non-hydrogen) atoms. The van der Waals surface area contributed by atoms with Crippen molar-refractivity contribution >= 4 is 28.7 Å². The van der Waals surface area contributed by atoms with Crippen LogP contribution in [0.4, 0.5) is 5.82 Å². The lowest BCUT2D eigenvalue weighted by molar-refractivity contribution is 0.896. The Balaban J connectivity index is 2.15. The van der Waals surface area contributed by atoms with E-state index in [1.807, 2.05) is 41.9 Å². The van der Waals surface area contributed by atoms with Gasteiger partial charge in [0.05, 0.1) is 11.2 Å². The second kappa shape index (κ2) is 4.34. The lowest BCUT2D eigenvalue weighted by atomic mass is 10.2. The van der Waals surface area contributed by atoms with Crippen LogP contribution in [0.5, 0.6) is 0 Å². The van der Waals surface area contributed by atoms with Crippen molar-refractivity contribution in [2.24, 2.45) is 5.10 Å². The van der Waals surface area contributed by atoms with Crippen molar-refractivity contribution < 1.29 is 0 Å². The van der Waals surface area contributed by atoms with Crippen LogP contribution in [0.1, 0.15) is 13.3 Å². The summed E-state index contributed by atoms with van der Waals surface area (Å²) in [6, 6.07) is 10.00. The number of nitrogens with one attached hydrogen (secondary N) is 1. The van der Waals surface area contributed by atoms with Crippen molar-refractivity contribution in [2.75, 3.05) is 5.32 Å². The number of aromatic nitrogens is 2. The summed E-state index contributed by atoms with van der Waals surface area (Å²) in [5.74, 6) is 1.64. The molecule has 0 unspecified atom stereocenters. The van der Waals surface area contributed by atoms with E-state index in [-0.39, 0.29) is 0 Å². The number of hydrogen-bond acceptors (Lipinski definition) is 3. The summed E-state index contributed by atoms with van der Waals surface area (Å²) in [6.07, 6.45) is 2.45. The Morgan fingerprint density at radius 3 is 2.83 bits per heavy atom. The largest absolute Gasteiger partial charge is 0.333 e. The van der Waals surface area contributed by atoms with Crippen LogP contribution < -0.4 is 5.32 Å². The van der Waals surface area contributed by atoms with Gasteiger partial charge in [0.1, 0.15) is 0 Å². The Morgan fingerprint density at radius 1 is 1.28 bits per heavy atom. The molecule has 1 aliphatic heterocycles. The highest BCUT2D eigenvalue weighted by molar-refractivity contribution is 7.80. The highest BCUT2D eigenvalue weighted by atomic mass is 32.1. The SMILES string of the molecule is CC1=Nn2c(cnc2-c2ccccc2)NC(=S)C1. The molecule has 4 nitrogen and oxygen atoms in total. The van der Waals surface area contributed by atoms with Crippen LogP contribution in [-0.4, -0.2) is 20.4 Å². The lowest BCUT2D eigenvalue weighted by Gasteiger charge is -2.04. The summed E-state index contributed by atoms with van der Waals surface area (Å²) < 4.78 is 1.81. The highest BCUT2D eigenvalue weighted by Gasteiger charge is 2.16. The molecule has 1 aromatic carbocycles. The molecular formula is C13H12N4S. The summed E-state index contributed by atoms with van der Waals surface area (Å²) in [5.41, 5.74) is 2.01. The molecular weight excluding hydrogens is 244 g/mol. The third-order valence-corrected chi connectivity index (χ3v) is 2.97. The zero-order valence-electron chi connectivity index (χ0n) is 9.92. The molecule has 0 bridgehead atoms. The fraction of sp³-hybridized carbons (Fsp3) is 0.154. The van der Waals surface area contributed by atoms with Crippen LogP contribution in [0, 0.1) is 0 Å². The van der Waals surface area contributed by atoms with Crippen LogP contribution in [0.2, 0.25) is 0 Å². The number of hydrogen-bond donors (Lipinski definition) is 1. The minimum Gasteiger partial charge on any atom is -0.333 e. The van der Waals surface area contributed by atoms with E-state index in [4.69, 9.17) is 12.2 Å². The van der Waals surface area contributed by atoms with Gasteiger partial charge in [0.15, 0.2) is 11.6 Å². The molecule has 2 heterocycles. The highest BCUT2D eigenvalue weighted by Crippen LogP contribution is 2.24. The second-order valence-electron chi connectivity index (χ2n) is 4.21. The first-order valence-corrected chi connectivity index (χ1v) is 6.12. The molecule has 0 radical (unpaired) electrons. The lowest BCUT2D eigenvalue weighted by Crippen LogP contribution is -2.10. The van der Waals surface area contributed by atoms with Crippen LogP contribution in [0.15, 0.2) is 41.6 Å². The molecule has 0 spiro atoms. The Bertz CT molecular complexity index is 628. The molecule has 2 aromatic rings. The van der Waals surface area contributed by atoms with Crippen molar-refractivity contribution in [3.63, 3.8) is 0 Å². The quantitative estimate of drug-likeness (QED) is 0.798. The number of thiocarbonyl (C=S) groups is 1. The van der Waals surface area contributed by atoms with Crippen LogP contribution in [0.25, 0.3) is 11.4 Å². The van der Waals surface area contributed by atoms with Crippen molar-refractivity contribution in [1.29, 1.82) is 0 Å². The van der Waals surface area contributed by atoms with Gasteiger partial charge in [-0.2, -0.15) is 9.78 Å². The Kier molecular flexibility index (Phi) is 2.68. The average molecular weight is 256 g/mol. The molecule has 1 aromatic heterocycles. The van der Waals surface area contributed by atoms with Gasteiger partial charge in [-0.3, -0.25) is 0 Å². The smallest absolute Gasteiger partial charge is 0.163 e. The van der Waals surface area contributed by atoms with E-state index < -0.39 is 0 Å². The van der Waals surface area contributed by atoms with Crippen LogP contribution >= 0.6 is 12.2 Å². The summed E-state index contributed by atoms with van der Waals surface area (Å²) in [5, 5.41) is 7.71. The summed E-state index contributed by atoms with van der Waals surface area (Å²) in [4.78, 5) is 5.19. The average Bonchev–Trinajstić information content (AvgIpc) is 2.66. The number of rotatable bonds is 1. The maximum Gasteiger partial charge on any atom is 0.163 e. The van der Waals surface area contributed by atoms with Gasteiger partial charge in [-0.05, 0) is 6.92 Å². The van der Waals surface area contributed by atoms with E-state index in [2.05, 4.69) is 15.4 Å². The van der Waals surface area contributed by atoms with Gasteiger partial charge in [-0.15, -0.1) is 0 Å². The van der Waals surface area contributed by atoms with Crippen LogP contribution in [0.3, 0.4) is 0 Å². The molecule has 0 aliphatic carbocycles. The minimum absolute atomic E-state index is 0.686. The summed E-state index contributed by atoms with van der Waals surface area (Å²) >= 11 is 5.24. The van der Waals surface area contributed by atoms with Gasteiger partial charge in [-0.25, -0.2) is 4.98 Å². The maximum atomic E-state index is 5.24. The molecule has 3 rings (SSSR count). The van der Waals surface area contributed by atoms with Crippen molar-refractivity contribution in [2.45, 2.75) is 13.3 Å². The number of imidazole rings is 1.